The summed E-state index contributed by atoms with van der Waals surface area (Å²) in [5.74, 6) is 0.968. The van der Waals surface area contributed by atoms with E-state index in [1.54, 1.807) is 20.4 Å². The van der Waals surface area contributed by atoms with Crippen LogP contribution >= 0.6 is 0 Å². The fourth-order valence-electron chi connectivity index (χ4n) is 1.83. The lowest BCUT2D eigenvalue weighted by molar-refractivity contribution is 0.257. The summed E-state index contributed by atoms with van der Waals surface area (Å²) in [4.78, 5) is 8.71. The second-order valence-electron chi connectivity index (χ2n) is 5.16. The van der Waals surface area contributed by atoms with E-state index in [1.165, 1.54) is 0 Å². The highest BCUT2D eigenvalue weighted by Crippen LogP contribution is 2.35. The first-order valence-electron chi connectivity index (χ1n) is 6.12. The van der Waals surface area contributed by atoms with Crippen LogP contribution in [0.3, 0.4) is 0 Å². The number of hydrogen-bond acceptors (Lipinski definition) is 5. The molecule has 0 fully saturated rings. The molecule has 1 atom stereocenters. The highest BCUT2D eigenvalue weighted by Gasteiger charge is 2.30. The minimum atomic E-state index is 0.0204. The largest absolute Gasteiger partial charge is 0.480 e. The van der Waals surface area contributed by atoms with Crippen LogP contribution in [-0.4, -0.2) is 30.7 Å². The van der Waals surface area contributed by atoms with E-state index in [9.17, 15) is 0 Å². The van der Waals surface area contributed by atoms with Crippen molar-refractivity contribution in [1.82, 2.24) is 15.3 Å². The van der Waals surface area contributed by atoms with Gasteiger partial charge in [-0.2, -0.15) is 4.98 Å². The minimum Gasteiger partial charge on any atom is -0.480 e. The van der Waals surface area contributed by atoms with Crippen LogP contribution in [-0.2, 0) is 0 Å². The predicted octanol–water partition coefficient (Wildman–Crippen LogP) is 2.19. The number of ether oxygens (including phenoxy) is 2. The van der Waals surface area contributed by atoms with Gasteiger partial charge in [-0.3, -0.25) is 0 Å². The average molecular weight is 253 g/mol. The van der Waals surface area contributed by atoms with Gasteiger partial charge in [0.05, 0.1) is 26.5 Å². The smallest absolute Gasteiger partial charge is 0.240 e. The van der Waals surface area contributed by atoms with Crippen LogP contribution in [0.5, 0.6) is 11.8 Å². The number of aromatic nitrogens is 2. The molecule has 18 heavy (non-hydrogen) atoms. The van der Waals surface area contributed by atoms with Crippen molar-refractivity contribution in [2.75, 3.05) is 20.8 Å². The van der Waals surface area contributed by atoms with E-state index in [0.29, 0.717) is 11.8 Å². The van der Waals surface area contributed by atoms with E-state index in [0.717, 1.165) is 12.2 Å². The quantitative estimate of drug-likeness (QED) is 0.871. The van der Waals surface area contributed by atoms with Crippen molar-refractivity contribution in [3.05, 3.63) is 11.9 Å². The van der Waals surface area contributed by atoms with Crippen LogP contribution < -0.4 is 14.8 Å². The van der Waals surface area contributed by atoms with Crippen molar-refractivity contribution in [2.24, 2.45) is 5.41 Å². The van der Waals surface area contributed by atoms with E-state index in [-0.39, 0.29) is 11.5 Å². The average Bonchev–Trinajstić information content (AvgIpc) is 2.34. The molecule has 1 rings (SSSR count). The minimum absolute atomic E-state index is 0.0204. The van der Waals surface area contributed by atoms with Gasteiger partial charge in [0, 0.05) is 0 Å². The number of methoxy groups -OCH3 is 2. The maximum Gasteiger partial charge on any atom is 0.240 e. The molecule has 0 aromatic carbocycles. The molecule has 102 valence electrons. The van der Waals surface area contributed by atoms with Crippen LogP contribution in [0.1, 0.15) is 39.4 Å². The Bertz CT molecular complexity index is 388. The molecule has 0 saturated carbocycles. The first-order chi connectivity index (χ1) is 8.43. The lowest BCUT2D eigenvalue weighted by atomic mass is 9.84. The SMILES string of the molecule is CCNC(c1ncc(OC)nc1OC)C(C)(C)C. The van der Waals surface area contributed by atoms with Gasteiger partial charge in [-0.25, -0.2) is 4.98 Å². The Kier molecular flexibility index (Phi) is 4.90. The summed E-state index contributed by atoms with van der Waals surface area (Å²) in [5, 5.41) is 3.43. The van der Waals surface area contributed by atoms with Crippen LogP contribution in [0.4, 0.5) is 0 Å². The van der Waals surface area contributed by atoms with Crippen molar-refractivity contribution >= 4 is 0 Å². The molecular weight excluding hydrogens is 230 g/mol. The molecular formula is C13H23N3O2. The Morgan fingerprint density at radius 1 is 1.28 bits per heavy atom. The molecule has 0 amide bonds. The molecule has 0 aliphatic rings. The Morgan fingerprint density at radius 2 is 1.94 bits per heavy atom. The molecule has 0 aliphatic heterocycles. The second-order valence-corrected chi connectivity index (χ2v) is 5.16. The summed E-state index contributed by atoms with van der Waals surface area (Å²) < 4.78 is 10.4. The summed E-state index contributed by atoms with van der Waals surface area (Å²) in [5.41, 5.74) is 0.833. The Balaban J connectivity index is 3.19. The molecule has 0 saturated heterocycles. The van der Waals surface area contributed by atoms with Gasteiger partial charge in [-0.1, -0.05) is 27.7 Å². The molecule has 5 heteroatoms. The first-order valence-corrected chi connectivity index (χ1v) is 6.12. The summed E-state index contributed by atoms with van der Waals surface area (Å²) >= 11 is 0. The van der Waals surface area contributed by atoms with E-state index in [4.69, 9.17) is 9.47 Å². The Hall–Kier alpha value is -1.36. The van der Waals surface area contributed by atoms with Crippen molar-refractivity contribution in [3.8, 4) is 11.8 Å². The van der Waals surface area contributed by atoms with Gasteiger partial charge in [0.2, 0.25) is 11.8 Å². The molecule has 5 nitrogen and oxygen atoms in total. The molecule has 1 unspecified atom stereocenters. The zero-order chi connectivity index (χ0) is 13.8. The molecule has 0 bridgehead atoms. The molecule has 1 aromatic heterocycles. The van der Waals surface area contributed by atoms with Crippen molar-refractivity contribution in [2.45, 2.75) is 33.7 Å². The van der Waals surface area contributed by atoms with Gasteiger partial charge in [0.15, 0.2) is 0 Å². The number of rotatable bonds is 5. The fraction of sp³-hybridized carbons (Fsp3) is 0.692. The molecule has 1 heterocycles. The lowest BCUT2D eigenvalue weighted by Gasteiger charge is -2.31. The fourth-order valence-corrected chi connectivity index (χ4v) is 1.83. The van der Waals surface area contributed by atoms with E-state index < -0.39 is 0 Å². The van der Waals surface area contributed by atoms with Gasteiger partial charge in [0.25, 0.3) is 0 Å². The third-order valence-electron chi connectivity index (χ3n) is 2.70. The Labute approximate surface area is 109 Å². The van der Waals surface area contributed by atoms with Gasteiger partial charge < -0.3 is 14.8 Å². The first kappa shape index (κ1) is 14.7. The highest BCUT2D eigenvalue weighted by atomic mass is 16.5. The normalized spacial score (nSPS) is 13.2. The van der Waals surface area contributed by atoms with E-state index in [1.807, 2.05) is 0 Å². The predicted molar refractivity (Wildman–Crippen MR) is 71.0 cm³/mol. The number of nitrogens with zero attached hydrogens (tertiary/aromatic N) is 2. The van der Waals surface area contributed by atoms with Crippen molar-refractivity contribution in [1.29, 1.82) is 0 Å². The zero-order valence-corrected chi connectivity index (χ0v) is 12.1. The van der Waals surface area contributed by atoms with Gasteiger partial charge in [-0.15, -0.1) is 0 Å². The van der Waals surface area contributed by atoms with Crippen molar-refractivity contribution < 1.29 is 9.47 Å². The topological polar surface area (TPSA) is 56.3 Å². The summed E-state index contributed by atoms with van der Waals surface area (Å²) in [6, 6.07) is 0.0795. The Morgan fingerprint density at radius 3 is 2.39 bits per heavy atom. The van der Waals surface area contributed by atoms with Crippen LogP contribution in [0.15, 0.2) is 6.20 Å². The number of hydrogen-bond donors (Lipinski definition) is 1. The second kappa shape index (κ2) is 6.00. The van der Waals surface area contributed by atoms with E-state index in [2.05, 4.69) is 43.0 Å². The third-order valence-corrected chi connectivity index (χ3v) is 2.70. The van der Waals surface area contributed by atoms with Crippen LogP contribution in [0, 0.1) is 5.41 Å². The van der Waals surface area contributed by atoms with Gasteiger partial charge >= 0.3 is 0 Å². The lowest BCUT2D eigenvalue weighted by Crippen LogP contribution is -2.33. The van der Waals surface area contributed by atoms with E-state index >= 15 is 0 Å². The number of nitrogens with one attached hydrogen (secondary N) is 1. The van der Waals surface area contributed by atoms with Gasteiger partial charge in [-0.05, 0) is 12.0 Å². The summed E-state index contributed by atoms with van der Waals surface area (Å²) in [6.45, 7) is 9.41. The highest BCUT2D eigenvalue weighted by molar-refractivity contribution is 5.27. The molecule has 0 aliphatic carbocycles. The summed E-state index contributed by atoms with van der Waals surface area (Å²) in [7, 11) is 3.16. The molecule has 0 spiro atoms. The summed E-state index contributed by atoms with van der Waals surface area (Å²) in [6.07, 6.45) is 1.62. The maximum atomic E-state index is 5.32. The van der Waals surface area contributed by atoms with Crippen molar-refractivity contribution in [3.63, 3.8) is 0 Å². The van der Waals surface area contributed by atoms with Crippen LogP contribution in [0.25, 0.3) is 0 Å². The molecule has 1 N–H and O–H groups in total. The monoisotopic (exact) mass is 253 g/mol. The zero-order valence-electron chi connectivity index (χ0n) is 12.1. The molecule has 1 aromatic rings. The maximum absolute atomic E-state index is 5.32. The third kappa shape index (κ3) is 3.32. The van der Waals surface area contributed by atoms with Gasteiger partial charge in [0.1, 0.15) is 5.69 Å². The molecule has 0 radical (unpaired) electrons. The van der Waals surface area contributed by atoms with Crippen LogP contribution in [0.2, 0.25) is 0 Å². The standard InChI is InChI=1S/C13H23N3O2/c1-7-14-11(13(2,3)4)10-12(18-6)16-9(17-5)8-15-10/h8,11,14H,7H2,1-6H3.